The number of hydrogen-bond donors (Lipinski definition) is 3. The second kappa shape index (κ2) is 13.5. The second-order valence-corrected chi connectivity index (χ2v) is 12.2. The van der Waals surface area contributed by atoms with Gasteiger partial charge in [0, 0.05) is 6.42 Å². The molecule has 214 valence electrons. The molecule has 3 N–H and O–H groups in total. The van der Waals surface area contributed by atoms with Crippen LogP contribution >= 0.6 is 0 Å². The number of esters is 1. The molecule has 2 aromatic rings. The van der Waals surface area contributed by atoms with Gasteiger partial charge in [-0.15, -0.1) is 0 Å². The number of phenols is 1. The van der Waals surface area contributed by atoms with Crippen LogP contribution in [0.25, 0.3) is 0 Å². The first kappa shape index (κ1) is 31.7. The minimum absolute atomic E-state index is 0.0978. The van der Waals surface area contributed by atoms with Gasteiger partial charge in [0.1, 0.15) is 29.2 Å². The van der Waals surface area contributed by atoms with E-state index in [1.54, 1.807) is 32.9 Å². The quantitative estimate of drug-likeness (QED) is 0.357. The lowest BCUT2D eigenvalue weighted by atomic mass is 9.86. The number of amides is 2. The van der Waals surface area contributed by atoms with Crippen LogP contribution < -0.4 is 15.4 Å². The van der Waals surface area contributed by atoms with Crippen molar-refractivity contribution in [3.63, 3.8) is 0 Å². The Morgan fingerprint density at radius 1 is 0.872 bits per heavy atom. The summed E-state index contributed by atoms with van der Waals surface area (Å²) in [5.41, 5.74) is 0.797. The van der Waals surface area contributed by atoms with Crippen LogP contribution in [-0.2, 0) is 31.0 Å². The average molecular weight is 541 g/mol. The van der Waals surface area contributed by atoms with Crippen LogP contribution in [0.5, 0.6) is 11.5 Å². The van der Waals surface area contributed by atoms with Crippen molar-refractivity contribution in [3.8, 4) is 11.5 Å². The van der Waals surface area contributed by atoms with Crippen molar-refractivity contribution in [2.45, 2.75) is 91.3 Å². The number of rotatable bonds is 11. The fourth-order valence-corrected chi connectivity index (χ4v) is 4.00. The van der Waals surface area contributed by atoms with Gasteiger partial charge in [-0.1, -0.05) is 65.0 Å². The minimum Gasteiger partial charge on any atom is -0.508 e. The highest BCUT2D eigenvalue weighted by Gasteiger charge is 2.31. The van der Waals surface area contributed by atoms with E-state index in [1.807, 2.05) is 38.1 Å². The maximum atomic E-state index is 13.4. The number of nitrogens with one attached hydrogen (secondary N) is 2. The molecule has 0 aromatic heterocycles. The maximum absolute atomic E-state index is 13.4. The summed E-state index contributed by atoms with van der Waals surface area (Å²) in [6.07, 6.45) is 0.534. The largest absolute Gasteiger partial charge is 0.508 e. The summed E-state index contributed by atoms with van der Waals surface area (Å²) in [5.74, 6) is -0.692. The van der Waals surface area contributed by atoms with Crippen LogP contribution in [0.2, 0.25) is 0 Å². The zero-order chi connectivity index (χ0) is 29.4. The lowest BCUT2D eigenvalue weighted by Crippen LogP contribution is -2.54. The molecule has 0 unspecified atom stereocenters. The molecule has 0 aliphatic rings. The first-order chi connectivity index (χ1) is 18.0. The molecule has 0 aliphatic heterocycles. The van der Waals surface area contributed by atoms with E-state index in [0.717, 1.165) is 11.1 Å². The lowest BCUT2D eigenvalue weighted by Gasteiger charge is -2.27. The minimum atomic E-state index is -0.984. The molecule has 0 saturated heterocycles. The Morgan fingerprint density at radius 3 is 2.05 bits per heavy atom. The van der Waals surface area contributed by atoms with Crippen LogP contribution in [-0.4, -0.2) is 47.2 Å². The van der Waals surface area contributed by atoms with E-state index in [1.165, 1.54) is 12.1 Å². The van der Waals surface area contributed by atoms with Gasteiger partial charge in [0.2, 0.25) is 5.91 Å². The summed E-state index contributed by atoms with van der Waals surface area (Å²) in [6, 6.07) is 12.1. The van der Waals surface area contributed by atoms with E-state index in [4.69, 9.17) is 9.47 Å². The molecule has 0 saturated carbocycles. The average Bonchev–Trinajstić information content (AvgIpc) is 2.81. The third kappa shape index (κ3) is 11.0. The fourth-order valence-electron chi connectivity index (χ4n) is 4.00. The Hall–Kier alpha value is -3.55. The summed E-state index contributed by atoms with van der Waals surface area (Å²) < 4.78 is 11.4. The second-order valence-electron chi connectivity index (χ2n) is 12.2. The topological polar surface area (TPSA) is 114 Å². The number of benzene rings is 2. The monoisotopic (exact) mass is 540 g/mol. The Bertz CT molecular complexity index is 1110. The summed E-state index contributed by atoms with van der Waals surface area (Å²) >= 11 is 0. The molecule has 2 atom stereocenters. The van der Waals surface area contributed by atoms with Crippen LogP contribution in [0.15, 0.2) is 48.5 Å². The summed E-state index contributed by atoms with van der Waals surface area (Å²) in [4.78, 5) is 39.3. The standard InChI is InChI=1S/C31H44N2O6/c1-20(2)17-24(32-27(35)19-38-26-12-10-9-11-23(26)30(3,4)5)28(36)33-25(29(37)39-31(6,7)8)18-21-13-15-22(34)16-14-21/h9-16,20,24-25,34H,17-19H2,1-8H3,(H,32,35)(H,33,36)/t24-,25-/m0/s1. The molecular weight excluding hydrogens is 496 g/mol. The van der Waals surface area contributed by atoms with Gasteiger partial charge in [-0.2, -0.15) is 0 Å². The van der Waals surface area contributed by atoms with Gasteiger partial charge in [-0.05, 0) is 67.9 Å². The summed E-state index contributed by atoms with van der Waals surface area (Å²) in [5, 5.41) is 15.2. The highest BCUT2D eigenvalue weighted by atomic mass is 16.6. The molecular formula is C31H44N2O6. The van der Waals surface area contributed by atoms with Crippen LogP contribution in [0.3, 0.4) is 0 Å². The molecule has 0 aliphatic carbocycles. The first-order valence-electron chi connectivity index (χ1n) is 13.4. The van der Waals surface area contributed by atoms with E-state index in [0.29, 0.717) is 12.2 Å². The normalized spacial score (nSPS) is 13.4. The molecule has 0 radical (unpaired) electrons. The van der Waals surface area contributed by atoms with Gasteiger partial charge in [-0.3, -0.25) is 9.59 Å². The molecule has 39 heavy (non-hydrogen) atoms. The molecule has 2 aromatic carbocycles. The van der Waals surface area contributed by atoms with Gasteiger partial charge < -0.3 is 25.2 Å². The van der Waals surface area contributed by atoms with Gasteiger partial charge in [0.15, 0.2) is 6.61 Å². The summed E-state index contributed by atoms with van der Waals surface area (Å²) in [7, 11) is 0. The van der Waals surface area contributed by atoms with Gasteiger partial charge in [0.05, 0.1) is 0 Å². The van der Waals surface area contributed by atoms with E-state index in [2.05, 4.69) is 31.4 Å². The highest BCUT2D eigenvalue weighted by Crippen LogP contribution is 2.30. The van der Waals surface area contributed by atoms with Crippen LogP contribution in [0, 0.1) is 5.92 Å². The zero-order valence-electron chi connectivity index (χ0n) is 24.5. The fraction of sp³-hybridized carbons (Fsp3) is 0.516. The van der Waals surface area contributed by atoms with Crippen molar-refractivity contribution in [1.29, 1.82) is 0 Å². The molecule has 2 amide bonds. The predicted octanol–water partition coefficient (Wildman–Crippen LogP) is 4.67. The SMILES string of the molecule is CC(C)C[C@H](NC(=O)COc1ccccc1C(C)(C)C)C(=O)N[C@@H](Cc1ccc(O)cc1)C(=O)OC(C)(C)C. The van der Waals surface area contributed by atoms with Gasteiger partial charge in [-0.25, -0.2) is 4.79 Å². The van der Waals surface area contributed by atoms with Gasteiger partial charge >= 0.3 is 5.97 Å². The lowest BCUT2D eigenvalue weighted by molar-refractivity contribution is -0.158. The molecule has 8 nitrogen and oxygen atoms in total. The van der Waals surface area contributed by atoms with Gasteiger partial charge in [0.25, 0.3) is 5.91 Å². The number of para-hydroxylation sites is 1. The number of carbonyl (C=O) groups is 3. The van der Waals surface area contributed by atoms with Crippen molar-refractivity contribution >= 4 is 17.8 Å². The van der Waals surface area contributed by atoms with Crippen molar-refractivity contribution in [3.05, 3.63) is 59.7 Å². The maximum Gasteiger partial charge on any atom is 0.329 e. The third-order valence-corrected chi connectivity index (χ3v) is 5.80. The van der Waals surface area contributed by atoms with Crippen molar-refractivity contribution in [2.75, 3.05) is 6.61 Å². The number of phenolic OH excluding ortho intramolecular Hbond substituents is 1. The molecule has 8 heteroatoms. The summed E-state index contributed by atoms with van der Waals surface area (Å²) in [6.45, 7) is 15.1. The third-order valence-electron chi connectivity index (χ3n) is 5.80. The number of carbonyl (C=O) groups excluding carboxylic acids is 3. The zero-order valence-corrected chi connectivity index (χ0v) is 24.5. The Morgan fingerprint density at radius 2 is 1.49 bits per heavy atom. The van der Waals surface area contributed by atoms with Crippen molar-refractivity contribution in [2.24, 2.45) is 5.92 Å². The van der Waals surface area contributed by atoms with Crippen molar-refractivity contribution < 1.29 is 29.0 Å². The number of ether oxygens (including phenoxy) is 2. The molecule has 0 spiro atoms. The van der Waals surface area contributed by atoms with E-state index in [9.17, 15) is 19.5 Å². The molecule has 0 bridgehead atoms. The number of aromatic hydroxyl groups is 1. The number of hydrogen-bond acceptors (Lipinski definition) is 6. The van der Waals surface area contributed by atoms with Crippen LogP contribution in [0.1, 0.15) is 72.9 Å². The molecule has 0 heterocycles. The first-order valence-corrected chi connectivity index (χ1v) is 13.4. The van der Waals surface area contributed by atoms with E-state index < -0.39 is 35.5 Å². The van der Waals surface area contributed by atoms with Crippen molar-refractivity contribution in [1.82, 2.24) is 10.6 Å². The highest BCUT2D eigenvalue weighted by molar-refractivity contribution is 5.91. The smallest absolute Gasteiger partial charge is 0.329 e. The Kier molecular flexibility index (Phi) is 11.0. The molecule has 2 rings (SSSR count). The molecule has 0 fully saturated rings. The van der Waals surface area contributed by atoms with E-state index in [-0.39, 0.29) is 30.1 Å². The Labute approximate surface area is 232 Å². The Balaban J connectivity index is 2.16. The van der Waals surface area contributed by atoms with Crippen LogP contribution in [0.4, 0.5) is 0 Å². The predicted molar refractivity (Wildman–Crippen MR) is 152 cm³/mol. The van der Waals surface area contributed by atoms with E-state index >= 15 is 0 Å².